The van der Waals surface area contributed by atoms with Crippen LogP contribution in [0.3, 0.4) is 0 Å². The van der Waals surface area contributed by atoms with Crippen LogP contribution in [0.2, 0.25) is 0 Å². The average molecular weight is 272 g/mol. The van der Waals surface area contributed by atoms with Gasteiger partial charge in [-0.05, 0) is 44.5 Å². The fraction of sp³-hybridized carbons (Fsp3) is 0.312. The average Bonchev–Trinajstić information content (AvgIpc) is 2.75. The Morgan fingerprint density at radius 2 is 2.10 bits per heavy atom. The van der Waals surface area contributed by atoms with E-state index >= 15 is 0 Å². The van der Waals surface area contributed by atoms with Crippen LogP contribution in [0.15, 0.2) is 34.7 Å². The van der Waals surface area contributed by atoms with Gasteiger partial charge in [0.15, 0.2) is 0 Å². The molecular weight excluding hydrogens is 252 g/mol. The van der Waals surface area contributed by atoms with E-state index in [9.17, 15) is 4.79 Å². The lowest BCUT2D eigenvalue weighted by atomic mass is 10.1. The molecule has 0 aliphatic rings. The molecule has 106 valence electrons. The minimum Gasteiger partial charge on any atom is -0.466 e. The lowest BCUT2D eigenvalue weighted by Crippen LogP contribution is -2.19. The van der Waals surface area contributed by atoms with Gasteiger partial charge in [0, 0.05) is 23.7 Å². The summed E-state index contributed by atoms with van der Waals surface area (Å²) in [4.78, 5) is 11.1. The van der Waals surface area contributed by atoms with Crippen molar-refractivity contribution in [1.82, 2.24) is 5.32 Å². The van der Waals surface area contributed by atoms with Crippen molar-refractivity contribution in [2.75, 3.05) is 0 Å². The Morgan fingerprint density at radius 3 is 2.70 bits per heavy atom. The molecular formula is C16H20N2O2. The Balaban J connectivity index is 2.03. The summed E-state index contributed by atoms with van der Waals surface area (Å²) < 4.78 is 5.54. The fourth-order valence-electron chi connectivity index (χ4n) is 2.30. The minimum atomic E-state index is -0.402. The van der Waals surface area contributed by atoms with Crippen LogP contribution in [0.4, 0.5) is 0 Å². The summed E-state index contributed by atoms with van der Waals surface area (Å²) in [6.07, 6.45) is 0. The van der Waals surface area contributed by atoms with Gasteiger partial charge in [0.2, 0.25) is 5.91 Å². The summed E-state index contributed by atoms with van der Waals surface area (Å²) in [5.41, 5.74) is 8.01. The van der Waals surface area contributed by atoms with Gasteiger partial charge >= 0.3 is 0 Å². The quantitative estimate of drug-likeness (QED) is 0.879. The van der Waals surface area contributed by atoms with Crippen molar-refractivity contribution in [1.29, 1.82) is 0 Å². The van der Waals surface area contributed by atoms with Crippen LogP contribution in [-0.4, -0.2) is 5.91 Å². The number of primary amides is 1. The normalized spacial score (nSPS) is 12.3. The second-order valence-electron chi connectivity index (χ2n) is 5.04. The highest BCUT2D eigenvalue weighted by molar-refractivity contribution is 5.92. The SMILES string of the molecule is Cc1cc(C(C)NCc2cccc(C(N)=O)c2)c(C)o1. The molecule has 20 heavy (non-hydrogen) atoms. The van der Waals surface area contributed by atoms with Gasteiger partial charge in [-0.15, -0.1) is 0 Å². The van der Waals surface area contributed by atoms with Crippen molar-refractivity contribution in [2.24, 2.45) is 5.73 Å². The fourth-order valence-corrected chi connectivity index (χ4v) is 2.30. The highest BCUT2D eigenvalue weighted by Gasteiger charge is 2.12. The second kappa shape index (κ2) is 5.92. The number of hydrogen-bond donors (Lipinski definition) is 2. The smallest absolute Gasteiger partial charge is 0.248 e. The molecule has 1 aromatic carbocycles. The summed E-state index contributed by atoms with van der Waals surface area (Å²) in [6, 6.07) is 9.58. The Kier molecular flexibility index (Phi) is 4.25. The maximum Gasteiger partial charge on any atom is 0.248 e. The monoisotopic (exact) mass is 272 g/mol. The molecule has 0 fully saturated rings. The molecule has 3 N–H and O–H groups in total. The minimum absolute atomic E-state index is 0.185. The largest absolute Gasteiger partial charge is 0.466 e. The molecule has 0 saturated carbocycles. The maximum absolute atomic E-state index is 11.1. The molecule has 1 amide bonds. The molecule has 1 atom stereocenters. The Hall–Kier alpha value is -2.07. The predicted octanol–water partition coefficient (Wildman–Crippen LogP) is 2.85. The predicted molar refractivity (Wildman–Crippen MR) is 78.4 cm³/mol. The van der Waals surface area contributed by atoms with Crippen molar-refractivity contribution in [3.63, 3.8) is 0 Å². The van der Waals surface area contributed by atoms with E-state index in [1.54, 1.807) is 6.07 Å². The van der Waals surface area contributed by atoms with Crippen molar-refractivity contribution in [2.45, 2.75) is 33.4 Å². The molecule has 2 rings (SSSR count). The molecule has 1 unspecified atom stereocenters. The van der Waals surface area contributed by atoms with Crippen molar-refractivity contribution < 1.29 is 9.21 Å². The first-order chi connectivity index (χ1) is 9.47. The second-order valence-corrected chi connectivity index (χ2v) is 5.04. The molecule has 2 aromatic rings. The molecule has 0 aliphatic heterocycles. The van der Waals surface area contributed by atoms with Crippen LogP contribution < -0.4 is 11.1 Å². The van der Waals surface area contributed by atoms with Gasteiger partial charge in [-0.2, -0.15) is 0 Å². The van der Waals surface area contributed by atoms with E-state index in [1.807, 2.05) is 38.1 Å². The van der Waals surface area contributed by atoms with Crippen molar-refractivity contribution in [3.8, 4) is 0 Å². The number of aryl methyl sites for hydroxylation is 2. The van der Waals surface area contributed by atoms with Crippen LogP contribution in [0, 0.1) is 13.8 Å². The number of rotatable bonds is 5. The van der Waals surface area contributed by atoms with Crippen LogP contribution in [0.25, 0.3) is 0 Å². The molecule has 0 radical (unpaired) electrons. The first kappa shape index (κ1) is 14.3. The van der Waals surface area contributed by atoms with Crippen molar-refractivity contribution >= 4 is 5.91 Å². The highest BCUT2D eigenvalue weighted by atomic mass is 16.3. The third-order valence-electron chi connectivity index (χ3n) is 3.37. The van der Waals surface area contributed by atoms with Crippen LogP contribution in [-0.2, 0) is 6.54 Å². The molecule has 0 spiro atoms. The molecule has 0 bridgehead atoms. The van der Waals surface area contributed by atoms with E-state index < -0.39 is 5.91 Å². The number of carbonyl (C=O) groups excluding carboxylic acids is 1. The maximum atomic E-state index is 11.1. The Morgan fingerprint density at radius 1 is 1.35 bits per heavy atom. The van der Waals surface area contributed by atoms with Crippen LogP contribution in [0.5, 0.6) is 0 Å². The van der Waals surface area contributed by atoms with Gasteiger partial charge in [0.25, 0.3) is 0 Å². The summed E-state index contributed by atoms with van der Waals surface area (Å²) in [5.74, 6) is 1.46. The standard InChI is InChI=1S/C16H20N2O2/c1-10-7-15(12(3)20-10)11(2)18-9-13-5-4-6-14(8-13)16(17)19/h4-8,11,18H,9H2,1-3H3,(H2,17,19). The number of nitrogens with two attached hydrogens (primary N) is 1. The lowest BCUT2D eigenvalue weighted by Gasteiger charge is -2.13. The molecule has 0 saturated heterocycles. The third-order valence-corrected chi connectivity index (χ3v) is 3.37. The number of furan rings is 1. The first-order valence-electron chi connectivity index (χ1n) is 6.66. The highest BCUT2D eigenvalue weighted by Crippen LogP contribution is 2.21. The van der Waals surface area contributed by atoms with Gasteiger partial charge in [-0.25, -0.2) is 0 Å². The van der Waals surface area contributed by atoms with E-state index in [0.29, 0.717) is 12.1 Å². The van der Waals surface area contributed by atoms with Gasteiger partial charge in [0.05, 0.1) is 0 Å². The number of amides is 1. The zero-order chi connectivity index (χ0) is 14.7. The zero-order valence-corrected chi connectivity index (χ0v) is 12.1. The Bertz CT molecular complexity index is 617. The lowest BCUT2D eigenvalue weighted by molar-refractivity contribution is 0.1000. The van der Waals surface area contributed by atoms with Gasteiger partial charge < -0.3 is 15.5 Å². The molecule has 1 aromatic heterocycles. The molecule has 1 heterocycles. The molecule has 0 aliphatic carbocycles. The topological polar surface area (TPSA) is 68.3 Å². The summed E-state index contributed by atoms with van der Waals surface area (Å²) in [5, 5.41) is 3.42. The van der Waals surface area contributed by atoms with Gasteiger partial charge in [0.1, 0.15) is 11.5 Å². The molecule has 4 nitrogen and oxygen atoms in total. The summed E-state index contributed by atoms with van der Waals surface area (Å²) >= 11 is 0. The zero-order valence-electron chi connectivity index (χ0n) is 12.1. The number of carbonyl (C=O) groups is 1. The van der Waals surface area contributed by atoms with E-state index in [1.165, 1.54) is 0 Å². The van der Waals surface area contributed by atoms with E-state index in [2.05, 4.69) is 12.2 Å². The van der Waals surface area contributed by atoms with Gasteiger partial charge in [-0.1, -0.05) is 12.1 Å². The first-order valence-corrected chi connectivity index (χ1v) is 6.66. The summed E-state index contributed by atoms with van der Waals surface area (Å²) in [7, 11) is 0. The molecule has 4 heteroatoms. The number of benzene rings is 1. The number of hydrogen-bond acceptors (Lipinski definition) is 3. The summed E-state index contributed by atoms with van der Waals surface area (Å²) in [6.45, 7) is 6.68. The van der Waals surface area contributed by atoms with E-state index in [4.69, 9.17) is 10.2 Å². The van der Waals surface area contributed by atoms with E-state index in [0.717, 1.165) is 22.6 Å². The Labute approximate surface area is 119 Å². The number of nitrogens with one attached hydrogen (secondary N) is 1. The van der Waals surface area contributed by atoms with Gasteiger partial charge in [-0.3, -0.25) is 4.79 Å². The van der Waals surface area contributed by atoms with E-state index in [-0.39, 0.29) is 6.04 Å². The van der Waals surface area contributed by atoms with Crippen molar-refractivity contribution in [3.05, 3.63) is 58.5 Å². The third kappa shape index (κ3) is 3.27. The van der Waals surface area contributed by atoms with Crippen LogP contribution in [0.1, 0.15) is 46.0 Å². The van der Waals surface area contributed by atoms with Crippen LogP contribution >= 0.6 is 0 Å².